The summed E-state index contributed by atoms with van der Waals surface area (Å²) in [6, 6.07) is 8.56. The molecule has 2 rings (SSSR count). The van der Waals surface area contributed by atoms with Gasteiger partial charge in [-0.25, -0.2) is 5.43 Å². The number of benzene rings is 2. The van der Waals surface area contributed by atoms with E-state index >= 15 is 0 Å². The molecule has 13 heteroatoms. The first-order chi connectivity index (χ1) is 16.1. The van der Waals surface area contributed by atoms with E-state index in [4.69, 9.17) is 21.1 Å². The predicted molar refractivity (Wildman–Crippen MR) is 118 cm³/mol. The fourth-order valence-corrected chi connectivity index (χ4v) is 2.63. The van der Waals surface area contributed by atoms with Gasteiger partial charge in [0.25, 0.3) is 5.91 Å². The molecular formula is C21H20ClF3N4O5. The lowest BCUT2D eigenvalue weighted by molar-refractivity contribution is -0.139. The number of alkyl halides is 3. The van der Waals surface area contributed by atoms with Crippen molar-refractivity contribution in [3.8, 4) is 5.75 Å². The fourth-order valence-electron chi connectivity index (χ4n) is 2.39. The van der Waals surface area contributed by atoms with Gasteiger partial charge in [-0.1, -0.05) is 17.7 Å². The Kier molecular flexibility index (Phi) is 9.83. The maximum absolute atomic E-state index is 12.8. The van der Waals surface area contributed by atoms with Crippen molar-refractivity contribution in [3.05, 3.63) is 58.6 Å². The van der Waals surface area contributed by atoms with Crippen LogP contribution < -0.4 is 20.8 Å². The number of hydrogen-bond donors (Lipinski definition) is 3. The molecule has 0 aromatic heterocycles. The first kappa shape index (κ1) is 26.6. The summed E-state index contributed by atoms with van der Waals surface area (Å²) in [5, 5.41) is 8.39. The van der Waals surface area contributed by atoms with E-state index in [0.717, 1.165) is 12.1 Å². The van der Waals surface area contributed by atoms with Gasteiger partial charge in [-0.3, -0.25) is 14.4 Å². The Balaban J connectivity index is 1.86. The van der Waals surface area contributed by atoms with Crippen molar-refractivity contribution in [2.75, 3.05) is 32.2 Å². The van der Waals surface area contributed by atoms with Crippen molar-refractivity contribution in [1.82, 2.24) is 10.7 Å². The number of nitrogens with one attached hydrogen (secondary N) is 3. The molecule has 2 aromatic rings. The Labute approximate surface area is 197 Å². The van der Waals surface area contributed by atoms with Crippen molar-refractivity contribution >= 4 is 41.2 Å². The molecule has 3 N–H and O–H groups in total. The van der Waals surface area contributed by atoms with Gasteiger partial charge < -0.3 is 20.1 Å². The van der Waals surface area contributed by atoms with Crippen molar-refractivity contribution in [1.29, 1.82) is 0 Å². The predicted octanol–water partition coefficient (Wildman–Crippen LogP) is 2.59. The van der Waals surface area contributed by atoms with Crippen LogP contribution in [0.3, 0.4) is 0 Å². The van der Waals surface area contributed by atoms with Crippen LogP contribution in [0.2, 0.25) is 5.02 Å². The van der Waals surface area contributed by atoms with Gasteiger partial charge in [0, 0.05) is 19.3 Å². The first-order valence-electron chi connectivity index (χ1n) is 9.60. The minimum atomic E-state index is -4.53. The quantitative estimate of drug-likeness (QED) is 0.212. The molecule has 9 nitrogen and oxygen atoms in total. The summed E-state index contributed by atoms with van der Waals surface area (Å²) in [6.07, 6.45) is -3.30. The van der Waals surface area contributed by atoms with E-state index in [0.29, 0.717) is 5.56 Å². The normalized spacial score (nSPS) is 11.2. The summed E-state index contributed by atoms with van der Waals surface area (Å²) in [5.74, 6) is -2.39. The SMILES string of the molecule is COCCNC(=O)C(=O)N/N=C\c1ccc(OCC(=O)Nc2cccc(C(F)(F)F)c2)c(Cl)c1. The average molecular weight is 501 g/mol. The lowest BCUT2D eigenvalue weighted by Gasteiger charge is -2.11. The van der Waals surface area contributed by atoms with Crippen LogP contribution in [0.1, 0.15) is 11.1 Å². The van der Waals surface area contributed by atoms with Crippen molar-refractivity contribution in [2.45, 2.75) is 6.18 Å². The average Bonchev–Trinajstić information content (AvgIpc) is 2.78. The van der Waals surface area contributed by atoms with E-state index < -0.39 is 36.1 Å². The van der Waals surface area contributed by atoms with Crippen LogP contribution in [0.15, 0.2) is 47.6 Å². The zero-order valence-electron chi connectivity index (χ0n) is 17.7. The number of hydrazone groups is 1. The summed E-state index contributed by atoms with van der Waals surface area (Å²) in [6.45, 7) is -0.0821. The van der Waals surface area contributed by atoms with Crippen LogP contribution in [-0.4, -0.2) is 50.8 Å². The van der Waals surface area contributed by atoms with Crippen LogP contribution in [0.25, 0.3) is 0 Å². The Morgan fingerprint density at radius 3 is 2.56 bits per heavy atom. The summed E-state index contributed by atoms with van der Waals surface area (Å²) in [4.78, 5) is 35.1. The standard InChI is InChI=1S/C21H20ClF3N4O5/c1-33-8-7-26-19(31)20(32)29-27-11-13-5-6-17(16(22)9-13)34-12-18(30)28-15-4-2-3-14(10-15)21(23,24)25/h2-6,9-11H,7-8,12H2,1H3,(H,26,31)(H,28,30)(H,29,32)/b27-11-. The van der Waals surface area contributed by atoms with Gasteiger partial charge in [0.05, 0.1) is 23.4 Å². The topological polar surface area (TPSA) is 118 Å². The summed E-state index contributed by atoms with van der Waals surface area (Å²) >= 11 is 6.10. The molecule has 0 heterocycles. The van der Waals surface area contributed by atoms with Gasteiger partial charge in [-0.05, 0) is 42.0 Å². The van der Waals surface area contributed by atoms with Crippen molar-refractivity contribution in [2.24, 2.45) is 5.10 Å². The largest absolute Gasteiger partial charge is 0.482 e. The molecule has 0 atom stereocenters. The monoisotopic (exact) mass is 500 g/mol. The summed E-state index contributed by atoms with van der Waals surface area (Å²) < 4.78 is 48.3. The second-order valence-corrected chi connectivity index (χ2v) is 6.96. The highest BCUT2D eigenvalue weighted by Crippen LogP contribution is 2.30. The van der Waals surface area contributed by atoms with E-state index in [2.05, 4.69) is 15.7 Å². The lowest BCUT2D eigenvalue weighted by Crippen LogP contribution is -2.39. The molecule has 0 radical (unpaired) electrons. The minimum Gasteiger partial charge on any atom is -0.482 e. The molecule has 0 fully saturated rings. The Morgan fingerprint density at radius 1 is 1.12 bits per heavy atom. The van der Waals surface area contributed by atoms with Gasteiger partial charge >= 0.3 is 18.0 Å². The number of anilines is 1. The van der Waals surface area contributed by atoms with Crippen molar-refractivity contribution in [3.63, 3.8) is 0 Å². The maximum Gasteiger partial charge on any atom is 0.416 e. The van der Waals surface area contributed by atoms with E-state index in [1.807, 2.05) is 5.43 Å². The van der Waals surface area contributed by atoms with Gasteiger partial charge in [-0.2, -0.15) is 18.3 Å². The van der Waals surface area contributed by atoms with Crippen LogP contribution in [-0.2, 0) is 25.3 Å². The van der Waals surface area contributed by atoms with Gasteiger partial charge in [-0.15, -0.1) is 0 Å². The molecule has 0 saturated heterocycles. The molecule has 0 spiro atoms. The number of carbonyl (C=O) groups excluding carboxylic acids is 3. The smallest absolute Gasteiger partial charge is 0.416 e. The molecular weight excluding hydrogens is 481 g/mol. The zero-order chi connectivity index (χ0) is 25.1. The molecule has 0 aliphatic heterocycles. The van der Waals surface area contributed by atoms with E-state index in [1.54, 1.807) is 0 Å². The van der Waals surface area contributed by atoms with Crippen LogP contribution in [0.4, 0.5) is 18.9 Å². The fraction of sp³-hybridized carbons (Fsp3) is 0.238. The second kappa shape index (κ2) is 12.6. The molecule has 2 aromatic carbocycles. The van der Waals surface area contributed by atoms with E-state index in [-0.39, 0.29) is 29.6 Å². The highest BCUT2D eigenvalue weighted by Gasteiger charge is 2.30. The van der Waals surface area contributed by atoms with Crippen LogP contribution >= 0.6 is 11.6 Å². The number of methoxy groups -OCH3 is 1. The van der Waals surface area contributed by atoms with E-state index in [1.165, 1.54) is 43.7 Å². The maximum atomic E-state index is 12.8. The van der Waals surface area contributed by atoms with Crippen LogP contribution in [0.5, 0.6) is 5.75 Å². The zero-order valence-corrected chi connectivity index (χ0v) is 18.5. The number of hydrogen-bond acceptors (Lipinski definition) is 6. The Morgan fingerprint density at radius 2 is 1.88 bits per heavy atom. The van der Waals surface area contributed by atoms with Gasteiger partial charge in [0.15, 0.2) is 6.61 Å². The molecule has 0 unspecified atom stereocenters. The third kappa shape index (κ3) is 8.71. The third-order valence-corrected chi connectivity index (χ3v) is 4.26. The molecule has 0 bridgehead atoms. The number of halogens is 4. The number of carbonyl (C=O) groups is 3. The molecule has 3 amide bonds. The second-order valence-electron chi connectivity index (χ2n) is 6.55. The molecule has 182 valence electrons. The molecule has 0 aliphatic carbocycles. The number of rotatable bonds is 9. The number of amides is 3. The highest BCUT2D eigenvalue weighted by atomic mass is 35.5. The number of ether oxygens (including phenoxy) is 2. The Hall–Kier alpha value is -3.64. The number of nitrogens with zero attached hydrogens (tertiary/aromatic N) is 1. The lowest BCUT2D eigenvalue weighted by atomic mass is 10.2. The van der Waals surface area contributed by atoms with Gasteiger partial charge in [0.1, 0.15) is 5.75 Å². The van der Waals surface area contributed by atoms with Crippen molar-refractivity contribution < 1.29 is 37.0 Å². The third-order valence-electron chi connectivity index (χ3n) is 3.97. The first-order valence-corrected chi connectivity index (χ1v) is 9.97. The molecule has 0 saturated carbocycles. The summed E-state index contributed by atoms with van der Waals surface area (Å²) in [7, 11) is 1.45. The van der Waals surface area contributed by atoms with E-state index in [9.17, 15) is 27.6 Å². The van der Waals surface area contributed by atoms with Gasteiger partial charge in [0.2, 0.25) is 0 Å². The van der Waals surface area contributed by atoms with Crippen LogP contribution in [0, 0.1) is 0 Å². The Bertz CT molecular complexity index is 1060. The molecule has 0 aliphatic rings. The highest BCUT2D eigenvalue weighted by molar-refractivity contribution is 6.35. The molecule has 34 heavy (non-hydrogen) atoms. The summed E-state index contributed by atoms with van der Waals surface area (Å²) in [5.41, 5.74) is 1.57. The minimum absolute atomic E-state index is 0.0319.